The topological polar surface area (TPSA) is 110 Å². The Morgan fingerprint density at radius 3 is 2.06 bits per heavy atom. The second-order valence-corrected chi connectivity index (χ2v) is 10.6. The van der Waals surface area contributed by atoms with Gasteiger partial charge in [0.1, 0.15) is 0 Å². The number of ether oxygens (including phenoxy) is 1. The molecule has 36 heavy (non-hydrogen) atoms. The summed E-state index contributed by atoms with van der Waals surface area (Å²) < 4.78 is 7.35. The number of hydrogen-bond acceptors (Lipinski definition) is 6. The molecule has 1 heterocycles. The lowest BCUT2D eigenvalue weighted by atomic mass is 9.90. The summed E-state index contributed by atoms with van der Waals surface area (Å²) in [6.07, 6.45) is 4.85. The zero-order chi connectivity index (χ0) is 27.6. The maximum absolute atomic E-state index is 13.9. The summed E-state index contributed by atoms with van der Waals surface area (Å²) in [5.74, 6) is -0.986. The van der Waals surface area contributed by atoms with Crippen molar-refractivity contribution < 1.29 is 19.1 Å². The molecule has 6 atom stereocenters. The standard InChI is InChI=1S/C27H49N5O4/c1-10-19(4)25(22(36-9)17-23(33)31-15-11-12-16-31)32(27(35)20(5)13-14-21(6)28)29-26(34)24(18(2)3)30(7)8/h11-12,15-16,18-22,24-25H,10,13-14,17,28H2,1-9H3,(H,29,34)/t19-,20-,21-,22+,24-,25-/m0/s1. The van der Waals surface area contributed by atoms with Crippen LogP contribution in [-0.4, -0.2) is 77.6 Å². The highest BCUT2D eigenvalue weighted by Crippen LogP contribution is 2.25. The first kappa shape index (κ1) is 31.8. The Hall–Kier alpha value is -2.23. The number of carbonyl (C=O) groups is 3. The normalized spacial score (nSPS) is 16.8. The first-order valence-corrected chi connectivity index (χ1v) is 13.1. The molecule has 0 bridgehead atoms. The SMILES string of the molecule is CC[C@H](C)[C@@H]([C@@H](CC(=O)n1cccc1)OC)N(NC(=O)[C@H](C(C)C)N(C)C)C(=O)[C@@H](C)CC[C@H](C)N. The van der Waals surface area contributed by atoms with E-state index in [1.807, 2.05) is 60.5 Å². The Morgan fingerprint density at radius 2 is 1.61 bits per heavy atom. The molecule has 206 valence electrons. The lowest BCUT2D eigenvalue weighted by molar-refractivity contribution is -0.156. The fourth-order valence-electron chi connectivity index (χ4n) is 4.62. The Labute approximate surface area is 217 Å². The highest BCUT2D eigenvalue weighted by Gasteiger charge is 2.40. The Balaban J connectivity index is 3.43. The maximum Gasteiger partial charge on any atom is 0.256 e. The van der Waals surface area contributed by atoms with E-state index in [9.17, 15) is 14.4 Å². The Morgan fingerprint density at radius 1 is 1.03 bits per heavy atom. The second-order valence-electron chi connectivity index (χ2n) is 10.6. The van der Waals surface area contributed by atoms with Crippen LogP contribution >= 0.6 is 0 Å². The molecule has 1 rings (SSSR count). The molecule has 0 aliphatic heterocycles. The lowest BCUT2D eigenvalue weighted by Gasteiger charge is -2.41. The van der Waals surface area contributed by atoms with Crippen LogP contribution in [0.25, 0.3) is 0 Å². The van der Waals surface area contributed by atoms with Crippen molar-refractivity contribution in [3.63, 3.8) is 0 Å². The van der Waals surface area contributed by atoms with Gasteiger partial charge >= 0.3 is 0 Å². The van der Waals surface area contributed by atoms with E-state index in [1.54, 1.807) is 31.6 Å². The van der Waals surface area contributed by atoms with Crippen LogP contribution in [0.2, 0.25) is 0 Å². The molecule has 2 amide bonds. The van der Waals surface area contributed by atoms with Crippen LogP contribution in [0.4, 0.5) is 0 Å². The molecule has 0 saturated carbocycles. The van der Waals surface area contributed by atoms with Crippen LogP contribution in [0.1, 0.15) is 72.0 Å². The summed E-state index contributed by atoms with van der Waals surface area (Å²) in [6.45, 7) is 11.8. The van der Waals surface area contributed by atoms with Crippen molar-refractivity contribution in [2.24, 2.45) is 23.5 Å². The van der Waals surface area contributed by atoms with Crippen molar-refractivity contribution in [1.29, 1.82) is 0 Å². The first-order chi connectivity index (χ1) is 16.8. The molecule has 0 spiro atoms. The minimum absolute atomic E-state index is 0.0290. The van der Waals surface area contributed by atoms with Crippen LogP contribution in [0, 0.1) is 17.8 Å². The molecule has 0 aromatic carbocycles. The van der Waals surface area contributed by atoms with E-state index in [4.69, 9.17) is 10.5 Å². The lowest BCUT2D eigenvalue weighted by Crippen LogP contribution is -2.63. The third-order valence-corrected chi connectivity index (χ3v) is 6.88. The van der Waals surface area contributed by atoms with Gasteiger partial charge in [0.15, 0.2) is 0 Å². The van der Waals surface area contributed by atoms with Crippen LogP contribution in [0.15, 0.2) is 24.5 Å². The fraction of sp³-hybridized carbons (Fsp3) is 0.741. The van der Waals surface area contributed by atoms with Crippen molar-refractivity contribution in [1.82, 2.24) is 19.9 Å². The number of carbonyl (C=O) groups excluding carboxylic acids is 3. The molecule has 0 fully saturated rings. The Bertz CT molecular complexity index is 801. The van der Waals surface area contributed by atoms with E-state index in [0.717, 1.165) is 6.42 Å². The third kappa shape index (κ3) is 9.01. The summed E-state index contributed by atoms with van der Waals surface area (Å²) in [6, 6.07) is 2.58. The van der Waals surface area contributed by atoms with Gasteiger partial charge < -0.3 is 10.5 Å². The third-order valence-electron chi connectivity index (χ3n) is 6.88. The number of hydrazine groups is 1. The van der Waals surface area contributed by atoms with Gasteiger partial charge in [-0.3, -0.25) is 29.3 Å². The van der Waals surface area contributed by atoms with E-state index < -0.39 is 18.2 Å². The largest absolute Gasteiger partial charge is 0.379 e. The van der Waals surface area contributed by atoms with Crippen LogP contribution in [0.5, 0.6) is 0 Å². The molecule has 0 saturated heterocycles. The smallest absolute Gasteiger partial charge is 0.256 e. The van der Waals surface area contributed by atoms with E-state index in [1.165, 1.54) is 9.58 Å². The highest BCUT2D eigenvalue weighted by atomic mass is 16.5. The number of methoxy groups -OCH3 is 1. The van der Waals surface area contributed by atoms with E-state index in [2.05, 4.69) is 5.43 Å². The molecule has 1 aromatic rings. The minimum atomic E-state index is -0.614. The Kier molecular flexibility index (Phi) is 13.4. The van der Waals surface area contributed by atoms with Crippen LogP contribution in [0.3, 0.4) is 0 Å². The van der Waals surface area contributed by atoms with Gasteiger partial charge in [0.2, 0.25) is 11.8 Å². The zero-order valence-electron chi connectivity index (χ0n) is 23.7. The number of amides is 2. The summed E-state index contributed by atoms with van der Waals surface area (Å²) in [7, 11) is 5.24. The van der Waals surface area contributed by atoms with Crippen molar-refractivity contribution in [3.05, 3.63) is 24.5 Å². The van der Waals surface area contributed by atoms with Gasteiger partial charge in [0.05, 0.1) is 24.6 Å². The minimum Gasteiger partial charge on any atom is -0.379 e. The van der Waals surface area contributed by atoms with Gasteiger partial charge in [0.25, 0.3) is 5.91 Å². The van der Waals surface area contributed by atoms with Gasteiger partial charge in [0, 0.05) is 31.5 Å². The summed E-state index contributed by atoms with van der Waals surface area (Å²) in [4.78, 5) is 42.2. The molecule has 0 unspecified atom stereocenters. The molecule has 0 aliphatic rings. The van der Waals surface area contributed by atoms with Crippen LogP contribution in [-0.2, 0) is 14.3 Å². The molecule has 0 aliphatic carbocycles. The highest BCUT2D eigenvalue weighted by molar-refractivity contribution is 5.86. The van der Waals surface area contributed by atoms with Gasteiger partial charge in [-0.1, -0.05) is 41.0 Å². The predicted molar refractivity (Wildman–Crippen MR) is 143 cm³/mol. The van der Waals surface area contributed by atoms with E-state index in [0.29, 0.717) is 12.8 Å². The first-order valence-electron chi connectivity index (χ1n) is 13.1. The van der Waals surface area contributed by atoms with E-state index in [-0.39, 0.29) is 47.9 Å². The predicted octanol–water partition coefficient (Wildman–Crippen LogP) is 3.16. The van der Waals surface area contributed by atoms with Gasteiger partial charge in [-0.25, -0.2) is 5.01 Å². The number of aromatic nitrogens is 1. The molecule has 9 heteroatoms. The number of likely N-dealkylation sites (N-methyl/N-ethyl adjacent to an activating group) is 1. The monoisotopic (exact) mass is 507 g/mol. The van der Waals surface area contributed by atoms with Crippen molar-refractivity contribution in [3.8, 4) is 0 Å². The van der Waals surface area contributed by atoms with Gasteiger partial charge in [-0.2, -0.15) is 0 Å². The number of hydrogen-bond donors (Lipinski definition) is 2. The molecular weight excluding hydrogens is 458 g/mol. The number of nitrogens with zero attached hydrogens (tertiary/aromatic N) is 3. The average Bonchev–Trinajstić information content (AvgIpc) is 3.35. The van der Waals surface area contributed by atoms with Crippen molar-refractivity contribution in [2.75, 3.05) is 21.2 Å². The number of rotatable bonds is 14. The maximum atomic E-state index is 13.9. The van der Waals surface area contributed by atoms with Crippen LogP contribution < -0.4 is 11.2 Å². The van der Waals surface area contributed by atoms with Gasteiger partial charge in [-0.15, -0.1) is 0 Å². The quantitative estimate of drug-likeness (QED) is 0.374. The van der Waals surface area contributed by atoms with Gasteiger partial charge in [-0.05, 0) is 57.8 Å². The molecule has 1 aromatic heterocycles. The zero-order valence-corrected chi connectivity index (χ0v) is 23.7. The number of nitrogens with one attached hydrogen (secondary N) is 1. The summed E-state index contributed by atoms with van der Waals surface area (Å²) >= 11 is 0. The van der Waals surface area contributed by atoms with Crippen molar-refractivity contribution in [2.45, 2.75) is 91.5 Å². The summed E-state index contributed by atoms with van der Waals surface area (Å²) in [5, 5.41) is 1.46. The number of nitrogens with two attached hydrogens (primary N) is 1. The summed E-state index contributed by atoms with van der Waals surface area (Å²) in [5.41, 5.74) is 8.90. The molecule has 9 nitrogen and oxygen atoms in total. The fourth-order valence-corrected chi connectivity index (χ4v) is 4.62. The van der Waals surface area contributed by atoms with E-state index >= 15 is 0 Å². The van der Waals surface area contributed by atoms with Crippen molar-refractivity contribution >= 4 is 17.7 Å². The second kappa shape index (κ2) is 15.1. The molecule has 3 N–H and O–H groups in total. The molecule has 0 radical (unpaired) electrons. The molecular formula is C27H49N5O4. The average molecular weight is 508 g/mol.